The molecule has 10 rings (SSSR count). The van der Waals surface area contributed by atoms with Crippen molar-refractivity contribution in [2.45, 2.75) is 164 Å². The monoisotopic (exact) mass is 1360 g/mol. The molecule has 23 nitrogen and oxygen atoms in total. The predicted molar refractivity (Wildman–Crippen MR) is 384 cm³/mol. The van der Waals surface area contributed by atoms with E-state index in [4.69, 9.17) is 0 Å². The van der Waals surface area contributed by atoms with Crippen LogP contribution in [0.1, 0.15) is 131 Å². The second-order valence-corrected chi connectivity index (χ2v) is 26.9. The second-order valence-electron chi connectivity index (χ2n) is 26.9. The van der Waals surface area contributed by atoms with Gasteiger partial charge in [-0.1, -0.05) is 159 Å². The Morgan fingerprint density at radius 2 is 0.990 bits per heavy atom. The lowest BCUT2D eigenvalue weighted by Crippen LogP contribution is -2.62. The van der Waals surface area contributed by atoms with Crippen molar-refractivity contribution >= 4 is 58.6 Å². The van der Waals surface area contributed by atoms with Crippen LogP contribution < -0.4 is 69.3 Å². The molecule has 4 aliphatic heterocycles. The average Bonchev–Trinajstić information content (AvgIpc) is 0.980. The number of anilines is 2. The van der Waals surface area contributed by atoms with E-state index in [-0.39, 0.29) is 97.4 Å². The van der Waals surface area contributed by atoms with E-state index in [2.05, 4.69) is 58.5 Å². The third-order valence-electron chi connectivity index (χ3n) is 20.6. The van der Waals surface area contributed by atoms with Crippen molar-refractivity contribution in [3.05, 3.63) is 200 Å². The fourth-order valence-electron chi connectivity index (χ4n) is 14.9. The third kappa shape index (κ3) is 17.2. The number of benzene rings is 5. The van der Waals surface area contributed by atoms with Gasteiger partial charge in [0.1, 0.15) is 35.5 Å². The standard InChI is InChI=1S/C77H97N13O10/c1-5-59(79-4)71(95)87-64-53(47-80-46-50-24-11-6-12-25-50)35-37-58-40-42-61(90(58)74(64)98)73(97)88-77(55-30-17-9-18-31-55,56-32-19-10-20-33-56)76(100)83-44-22-21-43-81-66-67(69(93)68(66)92)82-45-23-34-62(91)84-48-54-36-38-57-39-41-60(89(57)75(99)65(54)86-70(94)49(2)78-3)72(96)85-63(51-26-13-7-14-27-51)52-28-15-8-16-29-52/h6-20,24-33,49,53-54,57-61,63-65,78-82H,5,21-23,34-48H2,1-4H3,(H,83,100)(H,84,91)(H,85,96)(H,86,94)(H,87,95)(H,88,97). The number of carbonyl (C=O) groups excluding carboxylic acids is 8. The molecular formula is C77H97N13O10. The first kappa shape index (κ1) is 73.1. The molecule has 4 saturated heterocycles. The molecule has 4 aliphatic rings. The van der Waals surface area contributed by atoms with Gasteiger partial charge in [0.2, 0.25) is 41.4 Å². The van der Waals surface area contributed by atoms with Crippen LogP contribution in [0.5, 0.6) is 0 Å². The predicted octanol–water partition coefficient (Wildman–Crippen LogP) is 4.77. The maximum absolute atomic E-state index is 15.2. The molecule has 6 aromatic rings. The van der Waals surface area contributed by atoms with Gasteiger partial charge in [-0.05, 0) is 126 Å². The number of rotatable bonds is 33. The molecule has 23 heteroatoms. The molecular weight excluding hydrogens is 1270 g/mol. The van der Waals surface area contributed by atoms with E-state index >= 15 is 14.4 Å². The molecule has 0 aliphatic carbocycles. The van der Waals surface area contributed by atoms with E-state index in [1.165, 1.54) is 0 Å². The smallest absolute Gasteiger partial charge is 0.255 e. The van der Waals surface area contributed by atoms with Crippen LogP contribution in [-0.2, 0) is 50.4 Å². The topological polar surface area (TPSA) is 310 Å². The minimum atomic E-state index is -1.75. The summed E-state index contributed by atoms with van der Waals surface area (Å²) in [5.74, 6) is -3.74. The SMILES string of the molecule is CCC(NC)C(=O)NC1C(=O)N2C(CCC1CNCc1ccccc1)CCC2C(=O)NC(C(=O)NCCCCNc1c(NCCCC(=O)NCC2CCC3CCC(C(=O)NC(c4ccccc4)c4ccccc4)N3C(=O)C2NC(=O)C(C)NC)c(=O)c1=O)(c1ccccc1)c1ccccc1. The lowest BCUT2D eigenvalue weighted by atomic mass is 9.81. The highest BCUT2D eigenvalue weighted by Crippen LogP contribution is 2.38. The molecule has 4 fully saturated rings. The van der Waals surface area contributed by atoms with E-state index in [0.717, 1.165) is 16.7 Å². The molecule has 6 aromatic carbocycles. The molecule has 4 heterocycles. The number of hydrogen-bond donors (Lipinski definition) is 11. The number of nitrogens with one attached hydrogen (secondary N) is 11. The zero-order chi connectivity index (χ0) is 70.7. The summed E-state index contributed by atoms with van der Waals surface area (Å²) in [4.78, 5) is 145. The van der Waals surface area contributed by atoms with E-state index in [0.29, 0.717) is 101 Å². The fourth-order valence-corrected chi connectivity index (χ4v) is 14.9. The Labute approximate surface area is 585 Å². The van der Waals surface area contributed by atoms with Crippen LogP contribution >= 0.6 is 0 Å². The molecule has 8 amide bonds. The number of unbranched alkanes of at least 4 members (excludes halogenated alkanes) is 1. The largest absolute Gasteiger partial charge is 0.380 e. The summed E-state index contributed by atoms with van der Waals surface area (Å²) in [6, 6.07) is 41.5. The van der Waals surface area contributed by atoms with Gasteiger partial charge in [0.25, 0.3) is 16.8 Å². The van der Waals surface area contributed by atoms with Crippen LogP contribution in [0.25, 0.3) is 0 Å². The Bertz CT molecular complexity index is 3740. The first-order valence-corrected chi connectivity index (χ1v) is 35.6. The number of amides is 8. The highest BCUT2D eigenvalue weighted by molar-refractivity contribution is 6.00. The van der Waals surface area contributed by atoms with Crippen molar-refractivity contribution in [1.82, 2.24) is 57.7 Å². The minimum Gasteiger partial charge on any atom is -0.380 e. The average molecular weight is 1360 g/mol. The summed E-state index contributed by atoms with van der Waals surface area (Å²) in [6.07, 6.45) is 6.07. The molecule has 100 heavy (non-hydrogen) atoms. The summed E-state index contributed by atoms with van der Waals surface area (Å²) >= 11 is 0. The van der Waals surface area contributed by atoms with E-state index in [1.807, 2.05) is 110 Å². The lowest BCUT2D eigenvalue weighted by Gasteiger charge is -2.38. The van der Waals surface area contributed by atoms with Gasteiger partial charge >= 0.3 is 0 Å². The Morgan fingerprint density at radius 1 is 0.520 bits per heavy atom. The second kappa shape index (κ2) is 35.0. The zero-order valence-corrected chi connectivity index (χ0v) is 57.7. The summed E-state index contributed by atoms with van der Waals surface area (Å²) in [6.45, 7) is 5.35. The van der Waals surface area contributed by atoms with Crippen molar-refractivity contribution in [3.8, 4) is 0 Å². The van der Waals surface area contributed by atoms with Crippen LogP contribution in [0, 0.1) is 11.8 Å². The van der Waals surface area contributed by atoms with E-state index in [9.17, 15) is 33.6 Å². The van der Waals surface area contributed by atoms with Crippen molar-refractivity contribution in [2.24, 2.45) is 11.8 Å². The number of likely N-dealkylation sites (N-methyl/N-ethyl adjacent to an activating group) is 2. The third-order valence-corrected chi connectivity index (χ3v) is 20.6. The van der Waals surface area contributed by atoms with Gasteiger partial charge in [0.05, 0.1) is 18.1 Å². The number of hydrogen-bond acceptors (Lipinski definition) is 15. The molecule has 0 aromatic heterocycles. The van der Waals surface area contributed by atoms with Gasteiger partial charge in [-0.15, -0.1) is 0 Å². The van der Waals surface area contributed by atoms with Gasteiger partial charge in [0, 0.05) is 69.6 Å². The molecule has 530 valence electrons. The normalized spacial score (nSPS) is 21.2. The lowest BCUT2D eigenvalue weighted by molar-refractivity contribution is -0.145. The first-order valence-electron chi connectivity index (χ1n) is 35.6. The zero-order valence-electron chi connectivity index (χ0n) is 57.7. The molecule has 11 N–H and O–H groups in total. The molecule has 0 spiro atoms. The van der Waals surface area contributed by atoms with Crippen molar-refractivity contribution in [1.29, 1.82) is 0 Å². The van der Waals surface area contributed by atoms with E-state index in [1.54, 1.807) is 79.3 Å². The fraction of sp³-hybridized carbons (Fsp3) is 0.455. The molecule has 0 saturated carbocycles. The van der Waals surface area contributed by atoms with Crippen molar-refractivity contribution in [2.75, 3.05) is 57.5 Å². The molecule has 10 atom stereocenters. The van der Waals surface area contributed by atoms with Crippen LogP contribution in [0.15, 0.2) is 161 Å². The summed E-state index contributed by atoms with van der Waals surface area (Å²) in [5, 5.41) is 34.2. The minimum absolute atomic E-state index is 0.0536. The van der Waals surface area contributed by atoms with Gasteiger partial charge in [-0.3, -0.25) is 47.9 Å². The number of nitrogens with zero attached hydrogens (tertiary/aromatic N) is 2. The van der Waals surface area contributed by atoms with Gasteiger partial charge in [-0.25, -0.2) is 0 Å². The quantitative estimate of drug-likeness (QED) is 0.0195. The van der Waals surface area contributed by atoms with Crippen LogP contribution in [0.3, 0.4) is 0 Å². The molecule has 0 radical (unpaired) electrons. The Morgan fingerprint density at radius 3 is 1.51 bits per heavy atom. The molecule has 10 unspecified atom stereocenters. The van der Waals surface area contributed by atoms with Gasteiger partial charge in [0.15, 0.2) is 5.54 Å². The Balaban J connectivity index is 0.724. The van der Waals surface area contributed by atoms with E-state index < -0.39 is 76.4 Å². The molecule has 0 bridgehead atoms. The van der Waals surface area contributed by atoms with Crippen molar-refractivity contribution in [3.63, 3.8) is 0 Å². The number of fused-ring (bicyclic) bond motifs is 2. The Hall–Kier alpha value is -9.58. The van der Waals surface area contributed by atoms with Crippen LogP contribution in [-0.4, -0.2) is 152 Å². The summed E-state index contributed by atoms with van der Waals surface area (Å²) < 4.78 is 0. The first-order chi connectivity index (χ1) is 48.6. The Kier molecular flexibility index (Phi) is 25.6. The summed E-state index contributed by atoms with van der Waals surface area (Å²) in [7, 11) is 3.36. The summed E-state index contributed by atoms with van der Waals surface area (Å²) in [5.41, 5.74) is 1.00. The highest BCUT2D eigenvalue weighted by atomic mass is 16.2. The van der Waals surface area contributed by atoms with Crippen molar-refractivity contribution < 1.29 is 38.4 Å². The maximum atomic E-state index is 15.2. The van der Waals surface area contributed by atoms with Gasteiger partial charge in [-0.2, -0.15) is 0 Å². The van der Waals surface area contributed by atoms with Gasteiger partial charge < -0.3 is 68.3 Å². The van der Waals surface area contributed by atoms with Crippen LogP contribution in [0.4, 0.5) is 11.4 Å². The maximum Gasteiger partial charge on any atom is 0.255 e. The number of carbonyl (C=O) groups is 8. The van der Waals surface area contributed by atoms with Crippen LogP contribution in [0.2, 0.25) is 0 Å². The highest BCUT2D eigenvalue weighted by Gasteiger charge is 2.52.